The molecule has 0 fully saturated rings. The molecule has 0 N–H and O–H groups in total. The van der Waals surface area contributed by atoms with Crippen LogP contribution >= 0.6 is 10.0 Å². The first-order chi connectivity index (χ1) is 8.00. The molecule has 2 aromatic carbocycles. The molecule has 0 atom stereocenters. The fraction of sp³-hybridized carbons (Fsp3) is 0.143. The topological polar surface area (TPSA) is 0 Å². The van der Waals surface area contributed by atoms with Crippen molar-refractivity contribution in [2.24, 2.45) is 0 Å². The van der Waals surface area contributed by atoms with E-state index in [1.54, 1.807) is 24.3 Å². The third kappa shape index (κ3) is 2.50. The van der Waals surface area contributed by atoms with Gasteiger partial charge in [0, 0.05) is 0 Å². The minimum Gasteiger partial charge on any atom is -0.207 e. The zero-order valence-corrected chi connectivity index (χ0v) is 10.6. The van der Waals surface area contributed by atoms with Crippen LogP contribution in [0.5, 0.6) is 0 Å². The number of halogens is 2. The first-order valence-electron chi connectivity index (χ1n) is 5.25. The molecule has 0 aliphatic carbocycles. The Kier molecular flexibility index (Phi) is 3.20. The Balaban J connectivity index is 2.41. The molecular weight excluding hydrogens is 238 g/mol. The summed E-state index contributed by atoms with van der Waals surface area (Å²) < 4.78 is 25.8. The summed E-state index contributed by atoms with van der Waals surface area (Å²) in [6.07, 6.45) is 4.24. The zero-order chi connectivity index (χ0) is 12.5. The smallest absolute Gasteiger partial charge is 0.123 e. The van der Waals surface area contributed by atoms with Gasteiger partial charge in [0.15, 0.2) is 0 Å². The van der Waals surface area contributed by atoms with Crippen molar-refractivity contribution < 1.29 is 8.78 Å². The lowest BCUT2D eigenvalue weighted by Crippen LogP contribution is -1.97. The molecular formula is C14H14F2S. The molecule has 0 unspecified atom stereocenters. The molecule has 2 aromatic rings. The highest BCUT2D eigenvalue weighted by atomic mass is 32.3. The molecule has 0 radical (unpaired) electrons. The quantitative estimate of drug-likeness (QED) is 0.741. The van der Waals surface area contributed by atoms with Crippen molar-refractivity contribution in [2.45, 2.75) is 9.79 Å². The summed E-state index contributed by atoms with van der Waals surface area (Å²) in [6.45, 7) is 0. The largest absolute Gasteiger partial charge is 0.207 e. The maximum absolute atomic E-state index is 12.9. The molecule has 0 saturated heterocycles. The van der Waals surface area contributed by atoms with E-state index in [4.69, 9.17) is 0 Å². The summed E-state index contributed by atoms with van der Waals surface area (Å²) in [5, 5.41) is 0. The first-order valence-corrected chi connectivity index (χ1v) is 7.69. The Bertz CT molecular complexity index is 453. The third-order valence-corrected chi connectivity index (χ3v) is 5.71. The van der Waals surface area contributed by atoms with E-state index in [9.17, 15) is 8.78 Å². The lowest BCUT2D eigenvalue weighted by atomic mass is 10.3. The van der Waals surface area contributed by atoms with Gasteiger partial charge in [0.2, 0.25) is 0 Å². The zero-order valence-electron chi connectivity index (χ0n) is 9.78. The number of hydrogen-bond donors (Lipinski definition) is 0. The van der Waals surface area contributed by atoms with E-state index in [2.05, 4.69) is 12.5 Å². The summed E-state index contributed by atoms with van der Waals surface area (Å²) in [5.41, 5.74) is 0. The van der Waals surface area contributed by atoms with Crippen LogP contribution < -0.4 is 0 Å². The van der Waals surface area contributed by atoms with Gasteiger partial charge >= 0.3 is 0 Å². The van der Waals surface area contributed by atoms with Crippen LogP contribution in [-0.4, -0.2) is 12.5 Å². The molecule has 0 spiro atoms. The summed E-state index contributed by atoms with van der Waals surface area (Å²) in [4.78, 5) is 2.18. The van der Waals surface area contributed by atoms with Crippen LogP contribution in [0.2, 0.25) is 0 Å². The predicted molar refractivity (Wildman–Crippen MR) is 68.8 cm³/mol. The van der Waals surface area contributed by atoms with Gasteiger partial charge in [-0.3, -0.25) is 0 Å². The fourth-order valence-corrected chi connectivity index (χ4v) is 3.59. The minimum absolute atomic E-state index is 0.233. The first kappa shape index (κ1) is 12.1. The second-order valence-electron chi connectivity index (χ2n) is 4.23. The van der Waals surface area contributed by atoms with Crippen molar-refractivity contribution in [3.8, 4) is 0 Å². The van der Waals surface area contributed by atoms with Gasteiger partial charge in [-0.1, -0.05) is 0 Å². The van der Waals surface area contributed by atoms with Crippen LogP contribution in [0.3, 0.4) is 0 Å². The Labute approximate surface area is 102 Å². The van der Waals surface area contributed by atoms with Crippen molar-refractivity contribution >= 4 is 10.0 Å². The summed E-state index contributed by atoms with van der Waals surface area (Å²) in [5.74, 6) is -0.467. The van der Waals surface area contributed by atoms with E-state index >= 15 is 0 Å². The van der Waals surface area contributed by atoms with Gasteiger partial charge < -0.3 is 0 Å². The Morgan fingerprint density at radius 3 is 1.24 bits per heavy atom. The normalized spacial score (nSPS) is 12.5. The second kappa shape index (κ2) is 4.49. The number of benzene rings is 2. The van der Waals surface area contributed by atoms with E-state index in [0.717, 1.165) is 9.79 Å². The van der Waals surface area contributed by atoms with Crippen molar-refractivity contribution in [3.63, 3.8) is 0 Å². The molecule has 0 aliphatic heterocycles. The fourth-order valence-electron chi connectivity index (χ4n) is 1.69. The number of hydrogen-bond acceptors (Lipinski definition) is 0. The number of rotatable bonds is 2. The second-order valence-corrected chi connectivity index (χ2v) is 7.83. The van der Waals surface area contributed by atoms with E-state index in [1.165, 1.54) is 24.3 Å². The van der Waals surface area contributed by atoms with Crippen molar-refractivity contribution in [3.05, 3.63) is 60.2 Å². The van der Waals surface area contributed by atoms with Crippen LogP contribution in [0.15, 0.2) is 58.3 Å². The molecule has 0 amide bonds. The molecule has 0 aliphatic rings. The Morgan fingerprint density at radius 2 is 0.941 bits per heavy atom. The van der Waals surface area contributed by atoms with Gasteiger partial charge in [-0.05, 0) is 70.8 Å². The predicted octanol–water partition coefficient (Wildman–Crippen LogP) is 4.45. The molecule has 0 saturated carbocycles. The van der Waals surface area contributed by atoms with E-state index in [-0.39, 0.29) is 11.6 Å². The van der Waals surface area contributed by atoms with Crippen molar-refractivity contribution in [2.75, 3.05) is 12.5 Å². The highest BCUT2D eigenvalue weighted by Gasteiger charge is 2.17. The molecule has 17 heavy (non-hydrogen) atoms. The van der Waals surface area contributed by atoms with Crippen molar-refractivity contribution in [1.82, 2.24) is 0 Å². The molecule has 2 rings (SSSR count). The molecule has 0 nitrogen and oxygen atoms in total. The van der Waals surface area contributed by atoms with E-state index in [0.29, 0.717) is 0 Å². The molecule has 0 heterocycles. The summed E-state index contributed by atoms with van der Waals surface area (Å²) >= 11 is 0. The molecule has 3 heteroatoms. The highest BCUT2D eigenvalue weighted by Crippen LogP contribution is 2.56. The van der Waals surface area contributed by atoms with Gasteiger partial charge in [-0.15, -0.1) is 0 Å². The molecule has 0 bridgehead atoms. The van der Waals surface area contributed by atoms with Gasteiger partial charge in [0.1, 0.15) is 11.6 Å². The lowest BCUT2D eigenvalue weighted by molar-refractivity contribution is 0.626. The highest BCUT2D eigenvalue weighted by molar-refractivity contribution is 8.32. The third-order valence-electron chi connectivity index (χ3n) is 2.81. The van der Waals surface area contributed by atoms with Crippen LogP contribution in [0.1, 0.15) is 0 Å². The maximum atomic E-state index is 12.9. The van der Waals surface area contributed by atoms with Gasteiger partial charge in [0.05, 0.1) is 0 Å². The SMILES string of the molecule is CS(C)(c1ccc(F)cc1)c1ccc(F)cc1. The molecule has 90 valence electrons. The average Bonchev–Trinajstić information content (AvgIpc) is 2.30. The maximum Gasteiger partial charge on any atom is 0.123 e. The average molecular weight is 252 g/mol. The van der Waals surface area contributed by atoms with E-state index < -0.39 is 10.0 Å². The Hall–Kier alpha value is -1.35. The molecule has 0 aromatic heterocycles. The summed E-state index contributed by atoms with van der Waals surface area (Å²) in [6, 6.07) is 13.1. The van der Waals surface area contributed by atoms with Crippen LogP contribution in [0.25, 0.3) is 0 Å². The monoisotopic (exact) mass is 252 g/mol. The van der Waals surface area contributed by atoms with Gasteiger partial charge in [-0.25, -0.2) is 8.78 Å². The van der Waals surface area contributed by atoms with Crippen molar-refractivity contribution in [1.29, 1.82) is 0 Å². The van der Waals surface area contributed by atoms with Gasteiger partial charge in [0.25, 0.3) is 0 Å². The van der Waals surface area contributed by atoms with Gasteiger partial charge in [-0.2, -0.15) is 10.0 Å². The summed E-state index contributed by atoms with van der Waals surface area (Å²) in [7, 11) is -1.21. The lowest BCUT2D eigenvalue weighted by Gasteiger charge is -2.32. The van der Waals surface area contributed by atoms with Crippen LogP contribution in [0.4, 0.5) is 8.78 Å². The van der Waals surface area contributed by atoms with E-state index in [1.807, 2.05) is 0 Å². The Morgan fingerprint density at radius 1 is 0.647 bits per heavy atom. The van der Waals surface area contributed by atoms with Crippen LogP contribution in [0, 0.1) is 11.6 Å². The standard InChI is InChI=1S/C14H14F2S/c1-17(2,13-7-3-11(15)4-8-13)14-9-5-12(16)6-10-14/h3-10H,1-2H3. The van der Waals surface area contributed by atoms with Crippen LogP contribution in [-0.2, 0) is 0 Å². The minimum atomic E-state index is -1.21.